The zero-order chi connectivity index (χ0) is 14.8. The molecule has 118 valence electrons. The lowest BCUT2D eigenvalue weighted by Gasteiger charge is -2.33. The van der Waals surface area contributed by atoms with Gasteiger partial charge in [-0.05, 0) is 24.7 Å². The third-order valence-corrected chi connectivity index (χ3v) is 4.91. The van der Waals surface area contributed by atoms with Gasteiger partial charge in [0.25, 0.3) is 0 Å². The molecule has 3 atom stereocenters. The van der Waals surface area contributed by atoms with Gasteiger partial charge in [0, 0.05) is 13.5 Å². The van der Waals surface area contributed by atoms with Crippen molar-refractivity contribution in [3.63, 3.8) is 0 Å². The number of ether oxygens (including phenoxy) is 1. The third kappa shape index (κ3) is 5.95. The molecule has 1 rings (SSSR count). The third-order valence-electron chi connectivity index (χ3n) is 4.91. The summed E-state index contributed by atoms with van der Waals surface area (Å²) in [6, 6.07) is 0. The largest absolute Gasteiger partial charge is 0.373 e. The standard InChI is InChI=1S/C18H34O2/c1-4-5-6-7-8-9-14-17(19)18(20-3)16-13-11-10-12-15(16)2/h15-16,18H,4-14H2,1-3H3. The molecule has 0 N–H and O–H groups in total. The number of Topliss-reactive ketones (excluding diaryl/α,β-unsaturated/α-hetero) is 1. The van der Waals surface area contributed by atoms with E-state index in [-0.39, 0.29) is 6.10 Å². The summed E-state index contributed by atoms with van der Waals surface area (Å²) in [5.41, 5.74) is 0. The van der Waals surface area contributed by atoms with Gasteiger partial charge in [0.1, 0.15) is 6.10 Å². The molecule has 20 heavy (non-hydrogen) atoms. The van der Waals surface area contributed by atoms with Crippen molar-refractivity contribution in [3.05, 3.63) is 0 Å². The fourth-order valence-corrected chi connectivity index (χ4v) is 3.56. The first-order valence-electron chi connectivity index (χ1n) is 8.76. The maximum Gasteiger partial charge on any atom is 0.161 e. The lowest BCUT2D eigenvalue weighted by atomic mass is 9.75. The Hall–Kier alpha value is -0.370. The first-order chi connectivity index (χ1) is 9.70. The molecule has 0 spiro atoms. The molecular weight excluding hydrogens is 248 g/mol. The second-order valence-electron chi connectivity index (χ2n) is 6.57. The van der Waals surface area contributed by atoms with E-state index in [1.54, 1.807) is 7.11 Å². The average Bonchev–Trinajstić information content (AvgIpc) is 2.45. The van der Waals surface area contributed by atoms with Crippen LogP contribution in [0.25, 0.3) is 0 Å². The molecule has 0 radical (unpaired) electrons. The number of ketones is 1. The van der Waals surface area contributed by atoms with E-state index in [0.717, 1.165) is 6.42 Å². The molecule has 1 saturated carbocycles. The Morgan fingerprint density at radius 2 is 1.75 bits per heavy atom. The van der Waals surface area contributed by atoms with Crippen molar-refractivity contribution in [1.82, 2.24) is 0 Å². The van der Waals surface area contributed by atoms with Crippen molar-refractivity contribution in [3.8, 4) is 0 Å². The minimum absolute atomic E-state index is 0.138. The highest BCUT2D eigenvalue weighted by molar-refractivity contribution is 5.83. The van der Waals surface area contributed by atoms with E-state index in [9.17, 15) is 4.79 Å². The smallest absolute Gasteiger partial charge is 0.161 e. The molecule has 0 aromatic heterocycles. The predicted molar refractivity (Wildman–Crippen MR) is 84.9 cm³/mol. The summed E-state index contributed by atoms with van der Waals surface area (Å²) >= 11 is 0. The molecule has 1 aliphatic rings. The quantitative estimate of drug-likeness (QED) is 0.518. The van der Waals surface area contributed by atoms with E-state index in [2.05, 4.69) is 13.8 Å². The Morgan fingerprint density at radius 1 is 1.10 bits per heavy atom. The van der Waals surface area contributed by atoms with Crippen LogP contribution in [-0.4, -0.2) is 19.0 Å². The van der Waals surface area contributed by atoms with Crippen LogP contribution >= 0.6 is 0 Å². The van der Waals surface area contributed by atoms with Gasteiger partial charge in [-0.15, -0.1) is 0 Å². The van der Waals surface area contributed by atoms with Crippen LogP contribution < -0.4 is 0 Å². The zero-order valence-corrected chi connectivity index (χ0v) is 13.8. The summed E-state index contributed by atoms with van der Waals surface area (Å²) in [7, 11) is 1.71. The van der Waals surface area contributed by atoms with E-state index in [0.29, 0.717) is 24.0 Å². The minimum Gasteiger partial charge on any atom is -0.373 e. The van der Waals surface area contributed by atoms with Crippen LogP contribution in [0.2, 0.25) is 0 Å². The fourth-order valence-electron chi connectivity index (χ4n) is 3.56. The van der Waals surface area contributed by atoms with Gasteiger partial charge >= 0.3 is 0 Å². The van der Waals surface area contributed by atoms with Gasteiger partial charge in [-0.2, -0.15) is 0 Å². The normalized spacial score (nSPS) is 24.6. The van der Waals surface area contributed by atoms with Crippen LogP contribution in [0.1, 0.15) is 84.5 Å². The Labute approximate surface area is 125 Å². The molecule has 1 fully saturated rings. The summed E-state index contributed by atoms with van der Waals surface area (Å²) in [6.07, 6.45) is 13.0. The summed E-state index contributed by atoms with van der Waals surface area (Å²) in [6.45, 7) is 4.52. The van der Waals surface area contributed by atoms with Gasteiger partial charge in [-0.1, -0.05) is 65.2 Å². The molecule has 3 unspecified atom stereocenters. The lowest BCUT2D eigenvalue weighted by molar-refractivity contribution is -0.134. The van der Waals surface area contributed by atoms with Crippen LogP contribution in [0.3, 0.4) is 0 Å². The second kappa shape index (κ2) is 10.4. The van der Waals surface area contributed by atoms with E-state index in [4.69, 9.17) is 4.74 Å². The van der Waals surface area contributed by atoms with E-state index in [1.807, 2.05) is 0 Å². The molecule has 1 aliphatic carbocycles. The molecule has 0 saturated heterocycles. The van der Waals surface area contributed by atoms with Crippen LogP contribution in [0.5, 0.6) is 0 Å². The number of hydrogen-bond donors (Lipinski definition) is 0. The van der Waals surface area contributed by atoms with Crippen molar-refractivity contribution < 1.29 is 9.53 Å². The molecule has 2 nitrogen and oxygen atoms in total. The lowest BCUT2D eigenvalue weighted by Crippen LogP contribution is -2.37. The Balaban J connectivity index is 2.27. The Bertz CT molecular complexity index is 262. The number of hydrogen-bond acceptors (Lipinski definition) is 2. The fraction of sp³-hybridized carbons (Fsp3) is 0.944. The van der Waals surface area contributed by atoms with Crippen molar-refractivity contribution in [1.29, 1.82) is 0 Å². The average molecular weight is 282 g/mol. The van der Waals surface area contributed by atoms with E-state index in [1.165, 1.54) is 57.8 Å². The van der Waals surface area contributed by atoms with Gasteiger partial charge in [-0.25, -0.2) is 0 Å². The highest BCUT2D eigenvalue weighted by Crippen LogP contribution is 2.33. The van der Waals surface area contributed by atoms with Crippen molar-refractivity contribution in [2.45, 2.75) is 90.6 Å². The van der Waals surface area contributed by atoms with Gasteiger partial charge in [0.2, 0.25) is 0 Å². The highest BCUT2D eigenvalue weighted by atomic mass is 16.5. The van der Waals surface area contributed by atoms with Gasteiger partial charge < -0.3 is 4.74 Å². The van der Waals surface area contributed by atoms with E-state index < -0.39 is 0 Å². The summed E-state index contributed by atoms with van der Waals surface area (Å²) in [5, 5.41) is 0. The molecule has 2 heteroatoms. The molecule has 0 heterocycles. The summed E-state index contributed by atoms with van der Waals surface area (Å²) in [4.78, 5) is 12.4. The van der Waals surface area contributed by atoms with Gasteiger partial charge in [0.05, 0.1) is 0 Å². The van der Waals surface area contributed by atoms with Crippen LogP contribution in [0.15, 0.2) is 0 Å². The topological polar surface area (TPSA) is 26.3 Å². The van der Waals surface area contributed by atoms with Crippen molar-refractivity contribution in [2.24, 2.45) is 11.8 Å². The SMILES string of the molecule is CCCCCCCCC(=O)C(OC)C1CCCCC1C. The van der Waals surface area contributed by atoms with Crippen LogP contribution in [-0.2, 0) is 9.53 Å². The zero-order valence-electron chi connectivity index (χ0n) is 13.8. The van der Waals surface area contributed by atoms with Crippen LogP contribution in [0.4, 0.5) is 0 Å². The molecule has 0 amide bonds. The predicted octanol–water partition coefficient (Wildman–Crippen LogP) is 5.15. The number of rotatable bonds is 10. The minimum atomic E-state index is -0.138. The molecule has 0 aromatic carbocycles. The monoisotopic (exact) mass is 282 g/mol. The number of methoxy groups -OCH3 is 1. The molecule has 0 bridgehead atoms. The molecule has 0 aliphatic heterocycles. The highest BCUT2D eigenvalue weighted by Gasteiger charge is 2.33. The first-order valence-corrected chi connectivity index (χ1v) is 8.76. The molecular formula is C18H34O2. The number of carbonyl (C=O) groups is 1. The van der Waals surface area contributed by atoms with Gasteiger partial charge in [-0.3, -0.25) is 4.79 Å². The summed E-state index contributed by atoms with van der Waals surface area (Å²) in [5.74, 6) is 1.45. The Kier molecular flexibility index (Phi) is 9.17. The van der Waals surface area contributed by atoms with Crippen molar-refractivity contribution in [2.75, 3.05) is 7.11 Å². The number of carbonyl (C=O) groups excluding carboxylic acids is 1. The van der Waals surface area contributed by atoms with Crippen molar-refractivity contribution >= 4 is 5.78 Å². The first kappa shape index (κ1) is 17.7. The Morgan fingerprint density at radius 3 is 2.40 bits per heavy atom. The second-order valence-corrected chi connectivity index (χ2v) is 6.57. The maximum absolute atomic E-state index is 12.4. The maximum atomic E-state index is 12.4. The summed E-state index contributed by atoms with van der Waals surface area (Å²) < 4.78 is 5.57. The van der Waals surface area contributed by atoms with Crippen LogP contribution in [0, 0.1) is 11.8 Å². The van der Waals surface area contributed by atoms with Gasteiger partial charge in [0.15, 0.2) is 5.78 Å². The number of unbranched alkanes of at least 4 members (excludes halogenated alkanes) is 5. The molecule has 0 aromatic rings. The van der Waals surface area contributed by atoms with E-state index >= 15 is 0 Å².